The van der Waals surface area contributed by atoms with Gasteiger partial charge in [0.25, 0.3) is 0 Å². The highest BCUT2D eigenvalue weighted by molar-refractivity contribution is 5.90. The molecular weight excluding hydrogens is 302 g/mol. The van der Waals surface area contributed by atoms with Crippen LogP contribution in [0.3, 0.4) is 0 Å². The molecular formula is C19H25N3O2. The van der Waals surface area contributed by atoms with Crippen molar-refractivity contribution in [3.05, 3.63) is 29.8 Å². The van der Waals surface area contributed by atoms with E-state index in [9.17, 15) is 14.9 Å². The molecule has 0 heterocycles. The summed E-state index contributed by atoms with van der Waals surface area (Å²) in [6.45, 7) is 2.36. The second-order valence-electron chi connectivity index (χ2n) is 6.43. The highest BCUT2D eigenvalue weighted by Crippen LogP contribution is 2.35. The fourth-order valence-electron chi connectivity index (χ4n) is 3.05. The molecule has 1 aliphatic rings. The molecule has 1 fully saturated rings. The first kappa shape index (κ1) is 18.0. The molecule has 0 atom stereocenters. The maximum atomic E-state index is 12.4. The van der Waals surface area contributed by atoms with E-state index in [4.69, 9.17) is 0 Å². The first-order valence-corrected chi connectivity index (χ1v) is 8.68. The van der Waals surface area contributed by atoms with E-state index in [2.05, 4.69) is 16.7 Å². The number of rotatable bonds is 6. The molecule has 2 amide bonds. The van der Waals surface area contributed by atoms with Crippen LogP contribution in [0.15, 0.2) is 24.3 Å². The zero-order chi connectivity index (χ0) is 17.4. The van der Waals surface area contributed by atoms with Crippen molar-refractivity contribution in [2.75, 3.05) is 5.32 Å². The normalized spacial score (nSPS) is 16.0. The number of nitriles is 1. The summed E-state index contributed by atoms with van der Waals surface area (Å²) >= 11 is 0. The Kier molecular flexibility index (Phi) is 6.36. The zero-order valence-electron chi connectivity index (χ0n) is 14.2. The quantitative estimate of drug-likeness (QED) is 0.838. The van der Waals surface area contributed by atoms with Crippen molar-refractivity contribution in [1.82, 2.24) is 5.32 Å². The third kappa shape index (κ3) is 4.58. The van der Waals surface area contributed by atoms with E-state index >= 15 is 0 Å². The lowest BCUT2D eigenvalue weighted by molar-refractivity contribution is -0.129. The van der Waals surface area contributed by atoms with Crippen molar-refractivity contribution < 1.29 is 9.59 Å². The van der Waals surface area contributed by atoms with Crippen molar-refractivity contribution in [3.63, 3.8) is 0 Å². The lowest BCUT2D eigenvalue weighted by atomic mass is 9.74. The Bertz CT molecular complexity index is 610. The van der Waals surface area contributed by atoms with Crippen LogP contribution in [0.25, 0.3) is 0 Å². The largest absolute Gasteiger partial charge is 0.351 e. The van der Waals surface area contributed by atoms with Crippen LogP contribution in [0.2, 0.25) is 0 Å². The molecule has 2 N–H and O–H groups in total. The summed E-state index contributed by atoms with van der Waals surface area (Å²) in [4.78, 5) is 24.0. The fourth-order valence-corrected chi connectivity index (χ4v) is 3.05. The van der Waals surface area contributed by atoms with E-state index in [1.807, 2.05) is 31.2 Å². The van der Waals surface area contributed by atoms with E-state index in [-0.39, 0.29) is 11.8 Å². The summed E-state index contributed by atoms with van der Waals surface area (Å²) in [7, 11) is 0. The van der Waals surface area contributed by atoms with E-state index < -0.39 is 5.41 Å². The number of hydrogen-bond acceptors (Lipinski definition) is 3. The molecule has 0 spiro atoms. The predicted octanol–water partition coefficient (Wildman–Crippen LogP) is 3.52. The van der Waals surface area contributed by atoms with Crippen LogP contribution in [-0.2, 0) is 16.1 Å². The predicted molar refractivity (Wildman–Crippen MR) is 93.0 cm³/mol. The molecule has 24 heavy (non-hydrogen) atoms. The van der Waals surface area contributed by atoms with E-state index in [0.717, 1.165) is 36.9 Å². The lowest BCUT2D eigenvalue weighted by Gasteiger charge is -2.29. The minimum Gasteiger partial charge on any atom is -0.351 e. The number of carbonyl (C=O) groups excluding carboxylic acids is 2. The maximum Gasteiger partial charge on any atom is 0.240 e. The van der Waals surface area contributed by atoms with E-state index in [1.165, 1.54) is 0 Å². The summed E-state index contributed by atoms with van der Waals surface area (Å²) in [5, 5.41) is 15.1. The van der Waals surface area contributed by atoms with Gasteiger partial charge in [-0.05, 0) is 37.0 Å². The molecule has 0 saturated heterocycles. The number of amides is 2. The van der Waals surface area contributed by atoms with Crippen molar-refractivity contribution in [2.45, 2.75) is 58.4 Å². The highest BCUT2D eigenvalue weighted by atomic mass is 16.2. The number of hydrogen-bond donors (Lipinski definition) is 2. The van der Waals surface area contributed by atoms with Gasteiger partial charge in [0.2, 0.25) is 11.8 Å². The monoisotopic (exact) mass is 327 g/mol. The molecule has 0 aliphatic heterocycles. The van der Waals surface area contributed by atoms with Gasteiger partial charge in [-0.15, -0.1) is 0 Å². The van der Waals surface area contributed by atoms with Gasteiger partial charge in [0.1, 0.15) is 5.41 Å². The second-order valence-corrected chi connectivity index (χ2v) is 6.43. The Morgan fingerprint density at radius 1 is 1.17 bits per heavy atom. The third-order valence-corrected chi connectivity index (χ3v) is 4.52. The zero-order valence-corrected chi connectivity index (χ0v) is 14.2. The molecule has 1 aromatic carbocycles. The molecule has 5 nitrogen and oxygen atoms in total. The molecule has 0 radical (unpaired) electrons. The Morgan fingerprint density at radius 2 is 1.83 bits per heavy atom. The summed E-state index contributed by atoms with van der Waals surface area (Å²) < 4.78 is 0. The Labute approximate surface area is 143 Å². The number of nitrogens with one attached hydrogen (secondary N) is 2. The maximum absolute atomic E-state index is 12.4. The standard InChI is InChI=1S/C19H25N3O2/c1-2-6-17(23)22-16-9-7-15(8-10-16)13-21-18(24)19(14-20)11-4-3-5-12-19/h7-10H,2-6,11-13H2,1H3,(H,21,24)(H,22,23). The Morgan fingerprint density at radius 3 is 2.42 bits per heavy atom. The van der Waals surface area contributed by atoms with Crippen LogP contribution in [0, 0.1) is 16.7 Å². The molecule has 2 rings (SSSR count). The fraction of sp³-hybridized carbons (Fsp3) is 0.526. The second kappa shape index (κ2) is 8.49. The lowest BCUT2D eigenvalue weighted by Crippen LogP contribution is -2.41. The molecule has 128 valence electrons. The van der Waals surface area contributed by atoms with Crippen molar-refractivity contribution in [3.8, 4) is 6.07 Å². The van der Waals surface area contributed by atoms with Gasteiger partial charge in [-0.2, -0.15) is 5.26 Å². The van der Waals surface area contributed by atoms with Gasteiger partial charge >= 0.3 is 0 Å². The number of carbonyl (C=O) groups is 2. The van der Waals surface area contributed by atoms with Gasteiger partial charge in [0.05, 0.1) is 6.07 Å². The third-order valence-electron chi connectivity index (χ3n) is 4.52. The van der Waals surface area contributed by atoms with Crippen LogP contribution < -0.4 is 10.6 Å². The minimum absolute atomic E-state index is 0.00631. The van der Waals surface area contributed by atoms with Crippen molar-refractivity contribution in [1.29, 1.82) is 5.26 Å². The highest BCUT2D eigenvalue weighted by Gasteiger charge is 2.39. The Balaban J connectivity index is 1.89. The molecule has 5 heteroatoms. The molecule has 1 aliphatic carbocycles. The molecule has 0 unspecified atom stereocenters. The van der Waals surface area contributed by atoms with Crippen LogP contribution in [0.5, 0.6) is 0 Å². The average molecular weight is 327 g/mol. The topological polar surface area (TPSA) is 82.0 Å². The van der Waals surface area contributed by atoms with Gasteiger partial charge in [0, 0.05) is 18.7 Å². The van der Waals surface area contributed by atoms with E-state index in [0.29, 0.717) is 25.8 Å². The number of benzene rings is 1. The van der Waals surface area contributed by atoms with E-state index in [1.54, 1.807) is 0 Å². The SMILES string of the molecule is CCCC(=O)Nc1ccc(CNC(=O)C2(C#N)CCCCC2)cc1. The molecule has 1 aromatic rings. The van der Waals surface area contributed by atoms with Gasteiger partial charge in [-0.1, -0.05) is 38.3 Å². The summed E-state index contributed by atoms with van der Waals surface area (Å²) in [5.74, 6) is -0.156. The number of nitrogens with zero attached hydrogens (tertiary/aromatic N) is 1. The van der Waals surface area contributed by atoms with Crippen LogP contribution in [0.4, 0.5) is 5.69 Å². The molecule has 1 saturated carbocycles. The van der Waals surface area contributed by atoms with Gasteiger partial charge in [-0.25, -0.2) is 0 Å². The van der Waals surface area contributed by atoms with Crippen LogP contribution in [0.1, 0.15) is 57.4 Å². The van der Waals surface area contributed by atoms with Gasteiger partial charge in [0.15, 0.2) is 0 Å². The van der Waals surface area contributed by atoms with Gasteiger partial charge in [-0.3, -0.25) is 9.59 Å². The van der Waals surface area contributed by atoms with Crippen molar-refractivity contribution in [2.24, 2.45) is 5.41 Å². The van der Waals surface area contributed by atoms with Crippen molar-refractivity contribution >= 4 is 17.5 Å². The first-order chi connectivity index (χ1) is 11.6. The summed E-state index contributed by atoms with van der Waals surface area (Å²) in [6.07, 6.45) is 5.60. The summed E-state index contributed by atoms with van der Waals surface area (Å²) in [5.41, 5.74) is 0.844. The van der Waals surface area contributed by atoms with Crippen LogP contribution >= 0.6 is 0 Å². The molecule has 0 aromatic heterocycles. The molecule has 0 bridgehead atoms. The average Bonchev–Trinajstić information content (AvgIpc) is 2.61. The van der Waals surface area contributed by atoms with Crippen LogP contribution in [-0.4, -0.2) is 11.8 Å². The minimum atomic E-state index is -0.855. The smallest absolute Gasteiger partial charge is 0.240 e. The number of anilines is 1. The first-order valence-electron chi connectivity index (χ1n) is 8.68. The summed E-state index contributed by atoms with van der Waals surface area (Å²) in [6, 6.07) is 9.65. The Hall–Kier alpha value is -2.35. The van der Waals surface area contributed by atoms with Gasteiger partial charge < -0.3 is 10.6 Å².